The van der Waals surface area contributed by atoms with E-state index in [1.807, 2.05) is 81.7 Å². The van der Waals surface area contributed by atoms with Gasteiger partial charge < -0.3 is 14.5 Å². The Morgan fingerprint density at radius 2 is 1.49 bits per heavy atom. The number of hydrogen-bond donors (Lipinski definition) is 1. The van der Waals surface area contributed by atoms with Gasteiger partial charge in [-0.05, 0) is 149 Å². The number of nitrogens with zero attached hydrogens (tertiary/aromatic N) is 4. The molecule has 3 aliphatic carbocycles. The van der Waals surface area contributed by atoms with Crippen LogP contribution in [0.3, 0.4) is 0 Å². The zero-order valence-corrected chi connectivity index (χ0v) is 33.4. The lowest BCUT2D eigenvalue weighted by Gasteiger charge is -2.35. The number of carbonyl (C=O) groups is 2. The first-order valence-electron chi connectivity index (χ1n) is 20.4. The number of aromatic nitrogens is 2. The predicted molar refractivity (Wildman–Crippen MR) is 215 cm³/mol. The number of aliphatic imine (C=N–C) groups is 1. The molecule has 1 spiro atoms. The number of aromatic amines is 1. The molecular formula is C46H49F2N5O4. The summed E-state index contributed by atoms with van der Waals surface area (Å²) < 4.78 is 44.6. The number of piperidine rings is 1. The number of likely N-dealkylation sites (tertiary alicyclic amines) is 2. The van der Waals surface area contributed by atoms with E-state index < -0.39 is 17.1 Å². The molecule has 2 amide bonds. The van der Waals surface area contributed by atoms with Gasteiger partial charge in [0.05, 0.1) is 23.1 Å². The number of allylic oxidation sites excluding steroid dienone is 1. The Kier molecular flexibility index (Phi) is 7.78. The first kappa shape index (κ1) is 36.3. The standard InChI is InChI=1S/C46H49F2N5O4/c1-43(2,3)56-41(54)52-24-45(15-16-45)22-38(52)37-21-29(23-49-37)26-9-13-32-31-12-8-25(18-33(31)46(47,48)34(32)19-26)27-10-14-35-36(20-27)51-40(50-35)39-28-7-11-30(17-28)53(39)42(55)57-44(4,5)6/h8-10,12-14,18-20,23,28,30,38-39H,7,11,15-17,21-22,24H2,1-6H3,(H,50,51)/t28-,30+,38?,39-/m0/s1. The summed E-state index contributed by atoms with van der Waals surface area (Å²) in [6.07, 6.45) is 7.62. The molecule has 10 rings (SSSR count). The van der Waals surface area contributed by atoms with Crippen LogP contribution in [0, 0.1) is 11.3 Å². The van der Waals surface area contributed by atoms with Crippen molar-refractivity contribution in [3.05, 3.63) is 83.3 Å². The smallest absolute Gasteiger partial charge is 0.411 e. The van der Waals surface area contributed by atoms with Crippen molar-refractivity contribution in [2.75, 3.05) is 6.54 Å². The van der Waals surface area contributed by atoms with Gasteiger partial charge in [-0.3, -0.25) is 14.8 Å². The highest BCUT2D eigenvalue weighted by Crippen LogP contribution is 2.57. The monoisotopic (exact) mass is 773 g/mol. The number of H-pyrrole nitrogens is 1. The minimum absolute atomic E-state index is 0.0104. The fraction of sp³-hybridized carbons (Fsp3) is 0.478. The van der Waals surface area contributed by atoms with E-state index in [9.17, 15) is 9.59 Å². The number of benzene rings is 3. The molecular weight excluding hydrogens is 725 g/mol. The van der Waals surface area contributed by atoms with Crippen LogP contribution in [-0.4, -0.2) is 67.5 Å². The van der Waals surface area contributed by atoms with Crippen molar-refractivity contribution in [1.29, 1.82) is 0 Å². The van der Waals surface area contributed by atoms with Crippen LogP contribution in [0.4, 0.5) is 18.4 Å². The third-order valence-corrected chi connectivity index (χ3v) is 12.9. The molecule has 3 aromatic carbocycles. The van der Waals surface area contributed by atoms with Gasteiger partial charge in [0.1, 0.15) is 17.0 Å². The Balaban J connectivity index is 0.883. The summed E-state index contributed by atoms with van der Waals surface area (Å²) in [4.78, 5) is 43.5. The van der Waals surface area contributed by atoms with Gasteiger partial charge in [0.2, 0.25) is 0 Å². The average molecular weight is 774 g/mol. The maximum Gasteiger partial charge on any atom is 0.411 e. The van der Waals surface area contributed by atoms with Crippen LogP contribution in [0.25, 0.3) is 38.9 Å². The van der Waals surface area contributed by atoms with Crippen molar-refractivity contribution in [3.8, 4) is 22.3 Å². The normalized spacial score (nSPS) is 25.2. The van der Waals surface area contributed by atoms with Crippen LogP contribution in [0.1, 0.15) is 115 Å². The lowest BCUT2D eigenvalue weighted by Crippen LogP contribution is -2.43. The highest BCUT2D eigenvalue weighted by molar-refractivity contribution is 6.03. The molecule has 1 aromatic heterocycles. The van der Waals surface area contributed by atoms with Crippen molar-refractivity contribution < 1.29 is 27.8 Å². The van der Waals surface area contributed by atoms with E-state index in [1.165, 1.54) is 0 Å². The second-order valence-electron chi connectivity index (χ2n) is 19.3. The molecule has 4 heterocycles. The summed E-state index contributed by atoms with van der Waals surface area (Å²) in [6.45, 7) is 11.9. The van der Waals surface area contributed by atoms with Crippen LogP contribution in [-0.2, 0) is 15.4 Å². The number of alkyl halides is 2. The number of amides is 2. The van der Waals surface area contributed by atoms with Gasteiger partial charge in [0, 0.05) is 42.0 Å². The third kappa shape index (κ3) is 6.14. The Morgan fingerprint density at radius 3 is 2.19 bits per heavy atom. The SMILES string of the molecule is CC(C)(C)OC(=O)N1CC2(CC2)CC1C1=NC=C(c2ccc3c(c2)C(F)(F)c2cc(-c4ccc5nc([C@@H]6[C@H]7CC[C@H](C7)N6C(=O)OC(C)(C)C)[nH]c5c4)ccc2-3)C1. The molecule has 6 aliphatic rings. The molecule has 4 atom stereocenters. The number of fused-ring (bicyclic) bond motifs is 6. The van der Waals surface area contributed by atoms with Crippen LogP contribution in [0.15, 0.2) is 65.8 Å². The van der Waals surface area contributed by atoms with Crippen molar-refractivity contribution in [2.45, 2.75) is 122 Å². The first-order valence-corrected chi connectivity index (χ1v) is 20.4. The van der Waals surface area contributed by atoms with Gasteiger partial charge in [-0.25, -0.2) is 14.6 Å². The molecule has 2 bridgehead atoms. The lowest BCUT2D eigenvalue weighted by molar-refractivity contribution is 0.00616. The molecule has 2 saturated heterocycles. The van der Waals surface area contributed by atoms with Gasteiger partial charge in [-0.1, -0.05) is 30.3 Å². The maximum absolute atomic E-state index is 16.5. The molecule has 4 fully saturated rings. The Hall–Kier alpha value is -5.06. The minimum Gasteiger partial charge on any atom is -0.444 e. The topological polar surface area (TPSA) is 100 Å². The van der Waals surface area contributed by atoms with E-state index >= 15 is 8.78 Å². The van der Waals surface area contributed by atoms with Gasteiger partial charge in [0.15, 0.2) is 0 Å². The zero-order chi connectivity index (χ0) is 39.8. The Bertz CT molecular complexity index is 2430. The number of hydrogen-bond acceptors (Lipinski definition) is 6. The van der Waals surface area contributed by atoms with E-state index in [1.54, 1.807) is 30.5 Å². The fourth-order valence-corrected chi connectivity index (χ4v) is 10.1. The summed E-state index contributed by atoms with van der Waals surface area (Å²) >= 11 is 0. The van der Waals surface area contributed by atoms with Crippen LogP contribution >= 0.6 is 0 Å². The Morgan fingerprint density at radius 1 is 0.842 bits per heavy atom. The van der Waals surface area contributed by atoms with E-state index in [0.717, 1.165) is 72.2 Å². The van der Waals surface area contributed by atoms with Gasteiger partial charge in [0.25, 0.3) is 5.92 Å². The predicted octanol–water partition coefficient (Wildman–Crippen LogP) is 10.8. The van der Waals surface area contributed by atoms with Crippen molar-refractivity contribution in [3.63, 3.8) is 0 Å². The van der Waals surface area contributed by atoms with Crippen molar-refractivity contribution >= 4 is 34.5 Å². The average Bonchev–Trinajstić information content (AvgIpc) is 3.78. The van der Waals surface area contributed by atoms with Crippen molar-refractivity contribution in [1.82, 2.24) is 19.8 Å². The van der Waals surface area contributed by atoms with Crippen LogP contribution in [0.2, 0.25) is 0 Å². The number of ether oxygens (including phenoxy) is 2. The van der Waals surface area contributed by atoms with Gasteiger partial charge in [-0.2, -0.15) is 8.78 Å². The molecule has 3 aliphatic heterocycles. The summed E-state index contributed by atoms with van der Waals surface area (Å²) in [6, 6.07) is 16.2. The van der Waals surface area contributed by atoms with E-state index in [-0.39, 0.29) is 46.9 Å². The first-order chi connectivity index (χ1) is 27.0. The second-order valence-corrected chi connectivity index (χ2v) is 19.3. The molecule has 2 saturated carbocycles. The fourth-order valence-electron chi connectivity index (χ4n) is 10.1. The number of imidazole rings is 1. The summed E-state index contributed by atoms with van der Waals surface area (Å²) in [7, 11) is 0. The second kappa shape index (κ2) is 12.2. The highest BCUT2D eigenvalue weighted by Gasteiger charge is 2.56. The van der Waals surface area contributed by atoms with Crippen LogP contribution < -0.4 is 0 Å². The summed E-state index contributed by atoms with van der Waals surface area (Å²) in [5.41, 5.74) is 5.47. The van der Waals surface area contributed by atoms with Crippen molar-refractivity contribution in [2.24, 2.45) is 16.3 Å². The Labute approximate surface area is 331 Å². The van der Waals surface area contributed by atoms with E-state index in [0.29, 0.717) is 41.1 Å². The lowest BCUT2D eigenvalue weighted by atomic mass is 9.93. The highest BCUT2D eigenvalue weighted by atomic mass is 19.3. The van der Waals surface area contributed by atoms with Gasteiger partial charge in [-0.15, -0.1) is 0 Å². The molecule has 1 unspecified atom stereocenters. The quantitative estimate of drug-likeness (QED) is 0.223. The molecule has 0 radical (unpaired) electrons. The molecule has 9 nitrogen and oxygen atoms in total. The summed E-state index contributed by atoms with van der Waals surface area (Å²) in [5, 5.41) is 0. The number of halogens is 2. The number of nitrogens with one attached hydrogen (secondary N) is 1. The van der Waals surface area contributed by atoms with Crippen LogP contribution in [0.5, 0.6) is 0 Å². The molecule has 1 N–H and O–H groups in total. The molecule has 4 aromatic rings. The summed E-state index contributed by atoms with van der Waals surface area (Å²) in [5.74, 6) is -2.16. The third-order valence-electron chi connectivity index (χ3n) is 12.9. The molecule has 296 valence electrons. The minimum atomic E-state index is -3.20. The molecule has 57 heavy (non-hydrogen) atoms. The van der Waals surface area contributed by atoms with E-state index in [4.69, 9.17) is 19.5 Å². The zero-order valence-electron chi connectivity index (χ0n) is 33.4. The largest absolute Gasteiger partial charge is 0.444 e. The van der Waals surface area contributed by atoms with Gasteiger partial charge >= 0.3 is 12.2 Å². The number of carbonyl (C=O) groups excluding carboxylic acids is 2. The number of rotatable bonds is 4. The van der Waals surface area contributed by atoms with E-state index in [2.05, 4.69) is 4.98 Å². The molecule has 11 heteroatoms. The maximum atomic E-state index is 16.5.